The summed E-state index contributed by atoms with van der Waals surface area (Å²) in [5.41, 5.74) is 0.444. The van der Waals surface area contributed by atoms with Gasteiger partial charge in [0.15, 0.2) is 11.5 Å². The Bertz CT molecular complexity index is 1730. The molecule has 0 unspecified atom stereocenters. The van der Waals surface area contributed by atoms with Crippen molar-refractivity contribution in [2.24, 2.45) is 0 Å². The van der Waals surface area contributed by atoms with Gasteiger partial charge in [0, 0.05) is 10.4 Å². The lowest BCUT2D eigenvalue weighted by Crippen LogP contribution is -2.32. The molecule has 0 saturated carbocycles. The number of fused-ring (bicyclic) bond motifs is 1. The molecule has 0 N–H and O–H groups in total. The summed E-state index contributed by atoms with van der Waals surface area (Å²) in [5.74, 6) is 0.297. The van der Waals surface area contributed by atoms with Gasteiger partial charge in [-0.3, -0.25) is 14.5 Å². The Morgan fingerprint density at radius 1 is 0.900 bits per heavy atom. The lowest BCUT2D eigenvalue weighted by molar-refractivity contribution is -0.123. The van der Waals surface area contributed by atoms with E-state index < -0.39 is 21.3 Å². The molecule has 40 heavy (non-hydrogen) atoms. The predicted molar refractivity (Wildman–Crippen MR) is 154 cm³/mol. The van der Waals surface area contributed by atoms with Crippen LogP contribution in [0.25, 0.3) is 16.8 Å². The first-order valence-corrected chi connectivity index (χ1v) is 14.6. The molecule has 1 aliphatic rings. The molecule has 0 spiro atoms. The smallest absolute Gasteiger partial charge is 0.339 e. The zero-order chi connectivity index (χ0) is 28.3. The fourth-order valence-corrected chi connectivity index (χ4v) is 5.95. The van der Waals surface area contributed by atoms with Crippen LogP contribution in [0.1, 0.15) is 5.56 Å². The zero-order valence-corrected chi connectivity index (χ0v) is 23.5. The summed E-state index contributed by atoms with van der Waals surface area (Å²) in [6, 6.07) is 23.6. The highest BCUT2D eigenvalue weighted by Crippen LogP contribution is 2.36. The molecule has 5 rings (SSSR count). The molecule has 1 heterocycles. The number of hydrogen-bond donors (Lipinski definition) is 0. The highest BCUT2D eigenvalue weighted by atomic mass is 35.5. The number of halogens is 1. The fourth-order valence-electron chi connectivity index (χ4n) is 4.03. The molecule has 4 aromatic rings. The number of ether oxygens (including phenoxy) is 2. The monoisotopic (exact) mass is 595 g/mol. The first kappa shape index (κ1) is 27.6. The molecule has 0 aliphatic carbocycles. The first-order valence-electron chi connectivity index (χ1n) is 12.0. The van der Waals surface area contributed by atoms with Gasteiger partial charge in [-0.05, 0) is 71.3 Å². The van der Waals surface area contributed by atoms with Crippen molar-refractivity contribution in [1.29, 1.82) is 0 Å². The van der Waals surface area contributed by atoms with E-state index >= 15 is 0 Å². The van der Waals surface area contributed by atoms with Crippen LogP contribution in [0.3, 0.4) is 0 Å². The van der Waals surface area contributed by atoms with E-state index in [0.29, 0.717) is 16.3 Å². The average molecular weight is 596 g/mol. The van der Waals surface area contributed by atoms with Gasteiger partial charge in [-0.15, -0.1) is 0 Å². The van der Waals surface area contributed by atoms with E-state index in [1.807, 2.05) is 42.5 Å². The minimum Gasteiger partial charge on any atom is -0.493 e. The Morgan fingerprint density at radius 3 is 2.42 bits per heavy atom. The molecule has 2 amide bonds. The van der Waals surface area contributed by atoms with E-state index in [1.54, 1.807) is 6.07 Å². The van der Waals surface area contributed by atoms with Crippen LogP contribution in [0.5, 0.6) is 17.2 Å². The lowest BCUT2D eigenvalue weighted by atomic mass is 10.1. The van der Waals surface area contributed by atoms with E-state index in [2.05, 4.69) is 0 Å². The van der Waals surface area contributed by atoms with Crippen molar-refractivity contribution in [3.8, 4) is 17.2 Å². The molecule has 1 aliphatic heterocycles. The molecule has 1 fully saturated rings. The highest BCUT2D eigenvalue weighted by Gasteiger charge is 2.35. The highest BCUT2D eigenvalue weighted by molar-refractivity contribution is 8.18. The summed E-state index contributed by atoms with van der Waals surface area (Å²) in [6.45, 7) is 0.198. The molecule has 204 valence electrons. The Labute approximate surface area is 240 Å². The van der Waals surface area contributed by atoms with Crippen molar-refractivity contribution in [2.75, 3.05) is 20.3 Å². The molecule has 0 aromatic heterocycles. The SMILES string of the molecule is COc1ccc(/C=C2\SC(=O)N(CCOc3cccc4ccccc34)C2=O)cc1OS(=O)(=O)c1ccc(Cl)cc1. The van der Waals surface area contributed by atoms with E-state index in [-0.39, 0.29) is 34.5 Å². The number of benzene rings is 4. The second-order valence-electron chi connectivity index (χ2n) is 8.56. The molecule has 1 saturated heterocycles. The molecule has 4 aromatic carbocycles. The second-order valence-corrected chi connectivity index (χ2v) is 11.5. The van der Waals surface area contributed by atoms with Crippen molar-refractivity contribution in [3.05, 3.63) is 100 Å². The van der Waals surface area contributed by atoms with Gasteiger partial charge in [-0.25, -0.2) is 0 Å². The van der Waals surface area contributed by atoms with Crippen LogP contribution < -0.4 is 13.7 Å². The number of carbonyl (C=O) groups excluding carboxylic acids is 2. The number of thioether (sulfide) groups is 1. The third-order valence-electron chi connectivity index (χ3n) is 5.98. The van der Waals surface area contributed by atoms with E-state index in [0.717, 1.165) is 27.4 Å². The third kappa shape index (κ3) is 5.94. The number of nitrogens with zero attached hydrogens (tertiary/aromatic N) is 1. The van der Waals surface area contributed by atoms with Crippen molar-refractivity contribution >= 4 is 61.5 Å². The zero-order valence-electron chi connectivity index (χ0n) is 21.1. The van der Waals surface area contributed by atoms with Gasteiger partial charge < -0.3 is 13.7 Å². The van der Waals surface area contributed by atoms with Crippen LogP contribution >= 0.6 is 23.4 Å². The number of methoxy groups -OCH3 is 1. The maximum absolute atomic E-state index is 13.0. The van der Waals surface area contributed by atoms with E-state index in [1.165, 1.54) is 49.6 Å². The largest absolute Gasteiger partial charge is 0.493 e. The Morgan fingerprint density at radius 2 is 1.65 bits per heavy atom. The molecule has 0 atom stereocenters. The number of amides is 2. The van der Waals surface area contributed by atoms with Crippen LogP contribution in [0.2, 0.25) is 5.02 Å². The van der Waals surface area contributed by atoms with E-state index in [4.69, 9.17) is 25.3 Å². The maximum atomic E-state index is 13.0. The number of hydrogen-bond acceptors (Lipinski definition) is 8. The summed E-state index contributed by atoms with van der Waals surface area (Å²) in [7, 11) is -2.81. The van der Waals surface area contributed by atoms with Gasteiger partial charge in [-0.1, -0.05) is 54.1 Å². The minimum atomic E-state index is -4.19. The van der Waals surface area contributed by atoms with Gasteiger partial charge in [0.1, 0.15) is 17.3 Å². The number of rotatable bonds is 9. The summed E-state index contributed by atoms with van der Waals surface area (Å²) in [5, 5.41) is 1.92. The Kier molecular flexibility index (Phi) is 8.02. The van der Waals surface area contributed by atoms with Crippen molar-refractivity contribution < 1.29 is 31.7 Å². The van der Waals surface area contributed by atoms with Crippen molar-refractivity contribution in [2.45, 2.75) is 4.90 Å². The molecular weight excluding hydrogens is 574 g/mol. The standard InChI is InChI=1S/C29H22ClNO7S2/c1-36-25-14-9-19(17-26(25)38-40(34,35)22-12-10-21(30)11-13-22)18-27-28(32)31(29(33)39-27)15-16-37-24-8-4-6-20-5-2-3-7-23(20)24/h2-14,17-18H,15-16H2,1H3/b27-18-. The normalized spacial score (nSPS) is 14.7. The second kappa shape index (κ2) is 11.6. The maximum Gasteiger partial charge on any atom is 0.339 e. The van der Waals surface area contributed by atoms with Crippen LogP contribution in [0.4, 0.5) is 4.79 Å². The van der Waals surface area contributed by atoms with Gasteiger partial charge >= 0.3 is 10.1 Å². The number of imide groups is 1. The Balaban J connectivity index is 1.30. The Hall–Kier alpha value is -3.99. The average Bonchev–Trinajstić information content (AvgIpc) is 3.20. The summed E-state index contributed by atoms with van der Waals surface area (Å²) in [4.78, 5) is 26.9. The first-order chi connectivity index (χ1) is 19.2. The third-order valence-corrected chi connectivity index (χ3v) is 8.39. The summed E-state index contributed by atoms with van der Waals surface area (Å²) in [6.07, 6.45) is 1.50. The molecule has 11 heteroatoms. The topological polar surface area (TPSA) is 99.2 Å². The van der Waals surface area contributed by atoms with Crippen molar-refractivity contribution in [3.63, 3.8) is 0 Å². The number of carbonyl (C=O) groups is 2. The molecule has 0 bridgehead atoms. The summed E-state index contributed by atoms with van der Waals surface area (Å²) < 4.78 is 42.1. The van der Waals surface area contributed by atoms with Gasteiger partial charge in [0.05, 0.1) is 18.6 Å². The van der Waals surface area contributed by atoms with Gasteiger partial charge in [-0.2, -0.15) is 8.42 Å². The quantitative estimate of drug-likeness (QED) is 0.162. The van der Waals surface area contributed by atoms with Crippen LogP contribution in [0.15, 0.2) is 94.7 Å². The minimum absolute atomic E-state index is 0.0710. The van der Waals surface area contributed by atoms with Gasteiger partial charge in [0.25, 0.3) is 11.1 Å². The summed E-state index contributed by atoms with van der Waals surface area (Å²) >= 11 is 6.65. The lowest BCUT2D eigenvalue weighted by Gasteiger charge is -2.14. The fraction of sp³-hybridized carbons (Fsp3) is 0.103. The van der Waals surface area contributed by atoms with Crippen LogP contribution in [0, 0.1) is 0 Å². The molecule has 8 nitrogen and oxygen atoms in total. The van der Waals surface area contributed by atoms with Crippen molar-refractivity contribution in [1.82, 2.24) is 4.90 Å². The van der Waals surface area contributed by atoms with Crippen LogP contribution in [-0.2, 0) is 14.9 Å². The van der Waals surface area contributed by atoms with E-state index in [9.17, 15) is 18.0 Å². The van der Waals surface area contributed by atoms with Gasteiger partial charge in [0.2, 0.25) is 0 Å². The van der Waals surface area contributed by atoms with Crippen LogP contribution in [-0.4, -0.2) is 44.7 Å². The molecular formula is C29H22ClNO7S2. The molecule has 0 radical (unpaired) electrons. The predicted octanol–water partition coefficient (Wildman–Crippen LogP) is 6.38.